The Hall–Kier alpha value is -6.17. The summed E-state index contributed by atoms with van der Waals surface area (Å²) in [6.07, 6.45) is 1.72. The molecule has 2 aliphatic rings. The van der Waals surface area contributed by atoms with E-state index in [-0.39, 0.29) is 47.7 Å². The van der Waals surface area contributed by atoms with E-state index in [9.17, 15) is 35.9 Å². The van der Waals surface area contributed by atoms with Gasteiger partial charge in [0, 0.05) is 53.1 Å². The zero-order valence-corrected chi connectivity index (χ0v) is 30.0. The Morgan fingerprint density at radius 2 is 1.14 bits per heavy atom. The molecule has 2 saturated carbocycles. The van der Waals surface area contributed by atoms with Crippen LogP contribution in [-0.4, -0.2) is 51.3 Å². The lowest BCUT2D eigenvalue weighted by Crippen LogP contribution is -2.14. The van der Waals surface area contributed by atoms with E-state index in [2.05, 4.69) is 40.8 Å². The maximum Gasteiger partial charge on any atom is 0.435 e. The SMILES string of the molecule is Cc1ncccc1C(=O)Nc1ccc(-n2nc(C(F)(F)F)cc2C2CC2)nc1.Cl.O=C(Nc1ccc(-n2nc(C(F)(F)F)cc2C2CC2)nc1)c1ccncc1. The van der Waals surface area contributed by atoms with Gasteiger partial charge in [-0.1, -0.05) is 0 Å². The lowest BCUT2D eigenvalue weighted by atomic mass is 10.2. The highest BCUT2D eigenvalue weighted by Crippen LogP contribution is 2.44. The molecule has 8 rings (SSSR count). The molecule has 2 aliphatic carbocycles. The molecule has 0 spiro atoms. The van der Waals surface area contributed by atoms with Crippen molar-refractivity contribution in [3.8, 4) is 11.6 Å². The molecule has 6 aromatic rings. The fraction of sp³-hybridized carbons (Fsp3) is 0.243. The van der Waals surface area contributed by atoms with Crippen molar-refractivity contribution in [1.29, 1.82) is 0 Å². The van der Waals surface area contributed by atoms with Gasteiger partial charge in [0.2, 0.25) is 0 Å². The Morgan fingerprint density at radius 1 is 0.661 bits per heavy atom. The Kier molecular flexibility index (Phi) is 11.2. The van der Waals surface area contributed by atoms with Crippen LogP contribution in [0.5, 0.6) is 0 Å². The third kappa shape index (κ3) is 9.19. The Morgan fingerprint density at radius 3 is 1.55 bits per heavy atom. The van der Waals surface area contributed by atoms with Gasteiger partial charge in [0.1, 0.15) is 0 Å². The number of halogens is 7. The number of nitrogens with one attached hydrogen (secondary N) is 2. The zero-order valence-electron chi connectivity index (χ0n) is 29.2. The number of pyridine rings is 4. The maximum absolute atomic E-state index is 13.0. The molecule has 0 atom stereocenters. The zero-order chi connectivity index (χ0) is 38.9. The normalized spacial score (nSPS) is 13.9. The van der Waals surface area contributed by atoms with Crippen LogP contribution < -0.4 is 10.6 Å². The summed E-state index contributed by atoms with van der Waals surface area (Å²) in [5.74, 6) is 0.0170. The number of carbonyl (C=O) groups is 2. The standard InChI is InChI=1S/C19H16F3N5O.C18H14F3N5O.ClH/c1-11-14(3-2-8-23-11)18(28)25-13-6-7-17(24-10-13)27-15(12-4-5-12)9-16(26-27)19(20,21)22;19-18(20,21)15-9-14(11-1-2-11)26(25-15)16-4-3-13(10-23-16)24-17(27)12-5-7-22-8-6-12;/h2-3,6-10,12H,4-5H2,1H3,(H,25,28);3-11H,1-2H2,(H,24,27);1H. The van der Waals surface area contributed by atoms with Gasteiger partial charge < -0.3 is 10.6 Å². The van der Waals surface area contributed by atoms with Crippen molar-refractivity contribution < 1.29 is 35.9 Å². The fourth-order valence-corrected chi connectivity index (χ4v) is 5.57. The topological polar surface area (TPSA) is 145 Å². The molecule has 6 heterocycles. The molecule has 2 amide bonds. The van der Waals surface area contributed by atoms with E-state index in [1.165, 1.54) is 46.3 Å². The number of carbonyl (C=O) groups excluding carboxylic acids is 2. The van der Waals surface area contributed by atoms with Crippen molar-refractivity contribution >= 4 is 35.6 Å². The van der Waals surface area contributed by atoms with Crippen LogP contribution in [0.2, 0.25) is 0 Å². The van der Waals surface area contributed by atoms with Crippen LogP contribution >= 0.6 is 12.4 Å². The molecule has 6 aromatic heterocycles. The van der Waals surface area contributed by atoms with Gasteiger partial charge in [0.25, 0.3) is 11.8 Å². The van der Waals surface area contributed by atoms with E-state index < -0.39 is 23.7 Å². The molecule has 56 heavy (non-hydrogen) atoms. The predicted molar refractivity (Wildman–Crippen MR) is 193 cm³/mol. The van der Waals surface area contributed by atoms with Gasteiger partial charge >= 0.3 is 12.4 Å². The average Bonchev–Trinajstić information content (AvgIpc) is 4.10. The van der Waals surface area contributed by atoms with E-state index in [4.69, 9.17) is 0 Å². The third-order valence-electron chi connectivity index (χ3n) is 8.69. The lowest BCUT2D eigenvalue weighted by Gasteiger charge is -2.09. The van der Waals surface area contributed by atoms with E-state index in [1.54, 1.807) is 49.5 Å². The minimum Gasteiger partial charge on any atom is -0.321 e. The smallest absolute Gasteiger partial charge is 0.321 e. The summed E-state index contributed by atoms with van der Waals surface area (Å²) in [5.41, 5.74) is 1.46. The number of rotatable bonds is 8. The Labute approximate surface area is 320 Å². The van der Waals surface area contributed by atoms with Crippen molar-refractivity contribution in [2.45, 2.75) is 56.8 Å². The molecule has 0 unspecified atom stereocenters. The summed E-state index contributed by atoms with van der Waals surface area (Å²) in [4.78, 5) is 40.7. The average molecular weight is 797 g/mol. The van der Waals surface area contributed by atoms with Crippen molar-refractivity contribution in [3.63, 3.8) is 0 Å². The first kappa shape index (κ1) is 39.5. The van der Waals surface area contributed by atoms with Crippen molar-refractivity contribution in [2.24, 2.45) is 0 Å². The molecule has 290 valence electrons. The maximum atomic E-state index is 13.0. The van der Waals surface area contributed by atoms with Crippen molar-refractivity contribution in [2.75, 3.05) is 10.6 Å². The third-order valence-corrected chi connectivity index (χ3v) is 8.69. The number of aryl methyl sites for hydroxylation is 1. The van der Waals surface area contributed by atoms with Crippen LogP contribution in [0.15, 0.2) is 91.6 Å². The first-order valence-corrected chi connectivity index (χ1v) is 17.0. The number of aromatic nitrogens is 8. The highest BCUT2D eigenvalue weighted by atomic mass is 35.5. The fourth-order valence-electron chi connectivity index (χ4n) is 5.57. The molecule has 0 saturated heterocycles. The monoisotopic (exact) mass is 796 g/mol. The Bertz CT molecular complexity index is 2320. The van der Waals surface area contributed by atoms with Crippen molar-refractivity contribution in [3.05, 3.63) is 131 Å². The second-order valence-corrected chi connectivity index (χ2v) is 12.9. The van der Waals surface area contributed by atoms with E-state index >= 15 is 0 Å². The highest BCUT2D eigenvalue weighted by Gasteiger charge is 2.39. The number of anilines is 2. The number of hydrogen-bond acceptors (Lipinski definition) is 8. The number of nitrogens with zero attached hydrogens (tertiary/aromatic N) is 8. The predicted octanol–water partition coefficient (Wildman–Crippen LogP) is 8.35. The van der Waals surface area contributed by atoms with Gasteiger partial charge in [-0.05, 0) is 93.3 Å². The van der Waals surface area contributed by atoms with Crippen LogP contribution in [0, 0.1) is 6.92 Å². The molecular weight excluding hydrogens is 766 g/mol. The van der Waals surface area contributed by atoms with Crippen LogP contribution in [0.25, 0.3) is 11.6 Å². The van der Waals surface area contributed by atoms with E-state index in [0.29, 0.717) is 39.6 Å². The summed E-state index contributed by atoms with van der Waals surface area (Å²) in [6, 6.07) is 14.8. The van der Waals surface area contributed by atoms with Crippen LogP contribution in [0.3, 0.4) is 0 Å². The molecule has 12 nitrogen and oxygen atoms in total. The second kappa shape index (κ2) is 15.9. The summed E-state index contributed by atoms with van der Waals surface area (Å²) in [5, 5.41) is 12.8. The van der Waals surface area contributed by atoms with Gasteiger partial charge in [-0.3, -0.25) is 19.6 Å². The van der Waals surface area contributed by atoms with Gasteiger partial charge in [0.15, 0.2) is 23.0 Å². The largest absolute Gasteiger partial charge is 0.435 e. The van der Waals surface area contributed by atoms with Gasteiger partial charge in [-0.2, -0.15) is 36.5 Å². The lowest BCUT2D eigenvalue weighted by molar-refractivity contribution is -0.142. The van der Waals surface area contributed by atoms with Crippen LogP contribution in [0.4, 0.5) is 37.7 Å². The summed E-state index contributed by atoms with van der Waals surface area (Å²) in [6.45, 7) is 1.73. The van der Waals surface area contributed by atoms with Crippen molar-refractivity contribution in [1.82, 2.24) is 39.5 Å². The molecule has 2 N–H and O–H groups in total. The van der Waals surface area contributed by atoms with Crippen LogP contribution in [0.1, 0.15) is 86.7 Å². The second-order valence-electron chi connectivity index (χ2n) is 12.9. The Balaban J connectivity index is 0.000000187. The summed E-state index contributed by atoms with van der Waals surface area (Å²) < 4.78 is 80.6. The van der Waals surface area contributed by atoms with Gasteiger partial charge in [0.05, 0.1) is 29.3 Å². The summed E-state index contributed by atoms with van der Waals surface area (Å²) in [7, 11) is 0. The minimum absolute atomic E-state index is 0. The van der Waals surface area contributed by atoms with Gasteiger partial charge in [-0.15, -0.1) is 12.4 Å². The van der Waals surface area contributed by atoms with Gasteiger partial charge in [-0.25, -0.2) is 19.3 Å². The molecular formula is C37H31ClF6N10O2. The highest BCUT2D eigenvalue weighted by molar-refractivity contribution is 6.05. The minimum atomic E-state index is -4.51. The number of amides is 2. The number of alkyl halides is 6. The molecule has 0 bridgehead atoms. The molecule has 2 fully saturated rings. The quantitative estimate of drug-likeness (QED) is 0.146. The molecule has 0 radical (unpaired) electrons. The first-order valence-electron chi connectivity index (χ1n) is 17.0. The summed E-state index contributed by atoms with van der Waals surface area (Å²) >= 11 is 0. The molecule has 0 aromatic carbocycles. The van der Waals surface area contributed by atoms with E-state index in [0.717, 1.165) is 37.8 Å². The molecule has 19 heteroatoms. The van der Waals surface area contributed by atoms with E-state index in [1.807, 2.05) is 0 Å². The molecule has 0 aliphatic heterocycles. The number of hydrogen-bond donors (Lipinski definition) is 2. The van der Waals surface area contributed by atoms with Crippen LogP contribution in [-0.2, 0) is 12.4 Å². The first-order chi connectivity index (χ1) is 26.2.